The SMILES string of the molecule is Cc1nc2cc(Cl)c(N)c(C#N)c2s1. The molecule has 0 aliphatic rings. The minimum absolute atomic E-state index is 0.338. The van der Waals surface area contributed by atoms with E-state index < -0.39 is 0 Å². The number of hydrogen-bond donors (Lipinski definition) is 1. The first-order valence-corrected chi connectivity index (χ1v) is 5.08. The lowest BCUT2D eigenvalue weighted by Crippen LogP contribution is -1.91. The number of hydrogen-bond acceptors (Lipinski definition) is 4. The van der Waals surface area contributed by atoms with Crippen molar-refractivity contribution in [1.82, 2.24) is 4.98 Å². The van der Waals surface area contributed by atoms with E-state index >= 15 is 0 Å². The molecule has 2 aromatic rings. The third-order valence-corrected chi connectivity index (χ3v) is 3.21. The van der Waals surface area contributed by atoms with Crippen LogP contribution < -0.4 is 5.73 Å². The number of aromatic nitrogens is 1. The summed E-state index contributed by atoms with van der Waals surface area (Å²) in [7, 11) is 0. The lowest BCUT2D eigenvalue weighted by molar-refractivity contribution is 1.35. The summed E-state index contributed by atoms with van der Waals surface area (Å²) in [5.74, 6) is 0. The number of halogens is 1. The van der Waals surface area contributed by atoms with Gasteiger partial charge in [0.1, 0.15) is 6.07 Å². The van der Waals surface area contributed by atoms with Crippen LogP contribution in [0.25, 0.3) is 10.2 Å². The van der Waals surface area contributed by atoms with Crippen LogP contribution in [0.1, 0.15) is 10.6 Å². The molecule has 0 bridgehead atoms. The van der Waals surface area contributed by atoms with Gasteiger partial charge in [0.2, 0.25) is 0 Å². The molecular formula is C9H6ClN3S. The zero-order chi connectivity index (χ0) is 10.3. The molecule has 5 heteroatoms. The summed E-state index contributed by atoms with van der Waals surface area (Å²) < 4.78 is 0.812. The third-order valence-electron chi connectivity index (χ3n) is 1.89. The molecule has 0 saturated carbocycles. The molecule has 0 fully saturated rings. The first-order chi connectivity index (χ1) is 6.63. The molecule has 3 nitrogen and oxygen atoms in total. The Morgan fingerprint density at radius 1 is 1.64 bits per heavy atom. The molecule has 1 aromatic heterocycles. The van der Waals surface area contributed by atoms with E-state index in [0.29, 0.717) is 16.3 Å². The van der Waals surface area contributed by atoms with Crippen molar-refractivity contribution in [3.63, 3.8) is 0 Å². The van der Waals surface area contributed by atoms with Gasteiger partial charge in [-0.15, -0.1) is 11.3 Å². The Labute approximate surface area is 89.7 Å². The molecule has 14 heavy (non-hydrogen) atoms. The average Bonchev–Trinajstić information content (AvgIpc) is 2.47. The van der Waals surface area contributed by atoms with E-state index in [1.807, 2.05) is 6.92 Å². The van der Waals surface area contributed by atoms with E-state index in [4.69, 9.17) is 22.6 Å². The second-order valence-electron chi connectivity index (χ2n) is 2.84. The predicted molar refractivity (Wildman–Crippen MR) is 58.5 cm³/mol. The Bertz CT molecular complexity index is 553. The number of anilines is 1. The van der Waals surface area contributed by atoms with Gasteiger partial charge in [0, 0.05) is 0 Å². The van der Waals surface area contributed by atoms with Gasteiger partial charge in [0.15, 0.2) is 0 Å². The van der Waals surface area contributed by atoms with Crippen molar-refractivity contribution < 1.29 is 0 Å². The summed E-state index contributed by atoms with van der Waals surface area (Å²) in [4.78, 5) is 4.25. The van der Waals surface area contributed by atoms with Crippen LogP contribution in [0.15, 0.2) is 6.07 Å². The smallest absolute Gasteiger partial charge is 0.103 e. The van der Waals surface area contributed by atoms with Gasteiger partial charge in [-0.3, -0.25) is 0 Å². The van der Waals surface area contributed by atoms with Crippen LogP contribution in [0.4, 0.5) is 5.69 Å². The Hall–Kier alpha value is -1.31. The molecule has 2 rings (SSSR count). The lowest BCUT2D eigenvalue weighted by Gasteiger charge is -2.00. The first-order valence-electron chi connectivity index (χ1n) is 3.88. The molecule has 0 radical (unpaired) electrons. The van der Waals surface area contributed by atoms with Crippen molar-refractivity contribution in [2.24, 2.45) is 0 Å². The van der Waals surface area contributed by atoms with E-state index in [1.165, 1.54) is 11.3 Å². The zero-order valence-corrected chi connectivity index (χ0v) is 8.91. The number of aryl methyl sites for hydroxylation is 1. The van der Waals surface area contributed by atoms with Crippen LogP contribution >= 0.6 is 22.9 Å². The highest BCUT2D eigenvalue weighted by molar-refractivity contribution is 7.18. The summed E-state index contributed by atoms with van der Waals surface area (Å²) in [6.07, 6.45) is 0. The molecule has 70 valence electrons. The maximum atomic E-state index is 8.94. The predicted octanol–water partition coefficient (Wildman–Crippen LogP) is 2.71. The normalized spacial score (nSPS) is 10.4. The number of rotatable bonds is 0. The van der Waals surface area contributed by atoms with Gasteiger partial charge in [-0.1, -0.05) is 11.6 Å². The van der Waals surface area contributed by atoms with Gasteiger partial charge in [0.05, 0.1) is 31.5 Å². The van der Waals surface area contributed by atoms with E-state index in [9.17, 15) is 0 Å². The van der Waals surface area contributed by atoms with Crippen LogP contribution in [0, 0.1) is 18.3 Å². The third kappa shape index (κ3) is 1.22. The second-order valence-corrected chi connectivity index (χ2v) is 4.45. The molecule has 0 atom stereocenters. The fourth-order valence-corrected chi connectivity index (χ4v) is 2.37. The topological polar surface area (TPSA) is 62.7 Å². The van der Waals surface area contributed by atoms with Crippen LogP contribution in [-0.4, -0.2) is 4.98 Å². The molecule has 0 spiro atoms. The van der Waals surface area contributed by atoms with Crippen molar-refractivity contribution in [2.45, 2.75) is 6.92 Å². The highest BCUT2D eigenvalue weighted by Crippen LogP contribution is 2.33. The largest absolute Gasteiger partial charge is 0.396 e. The summed E-state index contributed by atoms with van der Waals surface area (Å²) in [5, 5.41) is 10.2. The fraction of sp³-hybridized carbons (Fsp3) is 0.111. The number of nitrogens with two attached hydrogens (primary N) is 1. The maximum absolute atomic E-state index is 8.94. The molecule has 0 unspecified atom stereocenters. The number of nitrogen functional groups attached to an aromatic ring is 1. The highest BCUT2D eigenvalue weighted by atomic mass is 35.5. The van der Waals surface area contributed by atoms with E-state index in [0.717, 1.165) is 15.2 Å². The standard InChI is InChI=1S/C9H6ClN3S/c1-4-13-7-2-6(10)8(12)5(3-11)9(7)14-4/h2H,12H2,1H3. The summed E-state index contributed by atoms with van der Waals surface area (Å²) in [6.45, 7) is 1.88. The van der Waals surface area contributed by atoms with Crippen LogP contribution in [0.5, 0.6) is 0 Å². The van der Waals surface area contributed by atoms with Crippen molar-refractivity contribution in [1.29, 1.82) is 5.26 Å². The number of nitriles is 1. The Balaban J connectivity index is 2.97. The van der Waals surface area contributed by atoms with Gasteiger partial charge in [-0.25, -0.2) is 4.98 Å². The molecule has 0 saturated heterocycles. The van der Waals surface area contributed by atoms with Crippen molar-refractivity contribution >= 4 is 38.8 Å². The monoisotopic (exact) mass is 223 g/mol. The summed E-state index contributed by atoms with van der Waals surface area (Å²) >= 11 is 7.32. The maximum Gasteiger partial charge on any atom is 0.103 e. The fourth-order valence-electron chi connectivity index (χ4n) is 1.27. The van der Waals surface area contributed by atoms with Crippen molar-refractivity contribution in [2.75, 3.05) is 5.73 Å². The van der Waals surface area contributed by atoms with Crippen LogP contribution in [0.3, 0.4) is 0 Å². The van der Waals surface area contributed by atoms with Crippen LogP contribution in [0.2, 0.25) is 5.02 Å². The lowest BCUT2D eigenvalue weighted by atomic mass is 10.2. The Morgan fingerprint density at radius 3 is 3.00 bits per heavy atom. The van der Waals surface area contributed by atoms with E-state index in [1.54, 1.807) is 6.07 Å². The number of thiazole rings is 1. The minimum Gasteiger partial charge on any atom is -0.396 e. The number of benzene rings is 1. The molecular weight excluding hydrogens is 218 g/mol. The Morgan fingerprint density at radius 2 is 2.36 bits per heavy atom. The zero-order valence-electron chi connectivity index (χ0n) is 7.34. The van der Waals surface area contributed by atoms with Crippen molar-refractivity contribution in [3.05, 3.63) is 21.7 Å². The van der Waals surface area contributed by atoms with E-state index in [-0.39, 0.29) is 0 Å². The number of fused-ring (bicyclic) bond motifs is 1. The Kier molecular flexibility index (Phi) is 2.06. The van der Waals surface area contributed by atoms with Gasteiger partial charge >= 0.3 is 0 Å². The second kappa shape index (κ2) is 3.12. The van der Waals surface area contributed by atoms with Gasteiger partial charge in [0.25, 0.3) is 0 Å². The summed E-state index contributed by atoms with van der Waals surface area (Å²) in [5.41, 5.74) is 7.20. The molecule has 2 N–H and O–H groups in total. The minimum atomic E-state index is 0.338. The highest BCUT2D eigenvalue weighted by Gasteiger charge is 2.12. The van der Waals surface area contributed by atoms with E-state index in [2.05, 4.69) is 11.1 Å². The molecule has 0 aliphatic carbocycles. The quantitative estimate of drug-likeness (QED) is 0.699. The molecule has 0 amide bonds. The van der Waals surface area contributed by atoms with Gasteiger partial charge in [-0.05, 0) is 13.0 Å². The van der Waals surface area contributed by atoms with Gasteiger partial charge < -0.3 is 5.73 Å². The molecule has 1 aromatic carbocycles. The van der Waals surface area contributed by atoms with Gasteiger partial charge in [-0.2, -0.15) is 5.26 Å². The average molecular weight is 224 g/mol. The van der Waals surface area contributed by atoms with Crippen LogP contribution in [-0.2, 0) is 0 Å². The first kappa shape index (κ1) is 9.25. The summed E-state index contributed by atoms with van der Waals surface area (Å²) in [6, 6.07) is 3.74. The number of nitrogens with zero attached hydrogens (tertiary/aromatic N) is 2. The molecule has 1 heterocycles. The van der Waals surface area contributed by atoms with Crippen molar-refractivity contribution in [3.8, 4) is 6.07 Å². The molecule has 0 aliphatic heterocycles.